The van der Waals surface area contributed by atoms with Gasteiger partial charge in [-0.15, -0.1) is 0 Å². The van der Waals surface area contributed by atoms with E-state index in [4.69, 9.17) is 0 Å². The van der Waals surface area contributed by atoms with Crippen LogP contribution in [0.3, 0.4) is 0 Å². The van der Waals surface area contributed by atoms with E-state index in [1.165, 1.54) is 34.7 Å². The van der Waals surface area contributed by atoms with Crippen molar-refractivity contribution >= 4 is 11.8 Å². The van der Waals surface area contributed by atoms with Gasteiger partial charge in [0.1, 0.15) is 0 Å². The minimum atomic E-state index is 0.541. The number of aryl methyl sites for hydroxylation is 2. The third-order valence-corrected chi connectivity index (χ3v) is 5.06. The molecule has 0 bridgehead atoms. The summed E-state index contributed by atoms with van der Waals surface area (Å²) >= 11 is 2.09. The van der Waals surface area contributed by atoms with Crippen molar-refractivity contribution in [2.75, 3.05) is 32.1 Å². The number of hydrogen-bond acceptors (Lipinski definition) is 3. The number of likely N-dealkylation sites (N-methyl/N-ethyl adjacent to an activating group) is 2. The lowest BCUT2D eigenvalue weighted by Gasteiger charge is -2.37. The first-order chi connectivity index (χ1) is 9.10. The first-order valence-electron chi connectivity index (χ1n) is 7.12. The third kappa shape index (κ3) is 3.98. The molecule has 0 spiro atoms. The molecule has 0 aromatic heterocycles. The maximum Gasteiger partial charge on any atom is 0.0340 e. The maximum absolute atomic E-state index is 3.53. The Kier molecular flexibility index (Phi) is 5.31. The fraction of sp³-hybridized carbons (Fsp3) is 0.625. The second kappa shape index (κ2) is 6.78. The molecule has 1 N–H and O–H groups in total. The molecule has 0 radical (unpaired) electrons. The van der Waals surface area contributed by atoms with Crippen LogP contribution in [0.15, 0.2) is 18.2 Å². The second-order valence-electron chi connectivity index (χ2n) is 5.72. The van der Waals surface area contributed by atoms with Crippen LogP contribution in [0.5, 0.6) is 0 Å². The van der Waals surface area contributed by atoms with E-state index in [-0.39, 0.29) is 0 Å². The summed E-state index contributed by atoms with van der Waals surface area (Å²) in [6.45, 7) is 5.58. The van der Waals surface area contributed by atoms with Crippen molar-refractivity contribution in [2.45, 2.75) is 32.4 Å². The Bertz CT molecular complexity index is 399. The zero-order chi connectivity index (χ0) is 13.8. The molecule has 3 heteroatoms. The van der Waals surface area contributed by atoms with Crippen LogP contribution in [0.25, 0.3) is 0 Å². The SMILES string of the molecule is CNC(Cc1cc(C)cc(C)c1)C1CSCCN1C. The summed E-state index contributed by atoms with van der Waals surface area (Å²) < 4.78 is 0. The van der Waals surface area contributed by atoms with Crippen molar-refractivity contribution in [3.05, 3.63) is 34.9 Å². The molecule has 1 aromatic carbocycles. The van der Waals surface area contributed by atoms with Gasteiger partial charge in [-0.2, -0.15) is 11.8 Å². The number of nitrogens with one attached hydrogen (secondary N) is 1. The van der Waals surface area contributed by atoms with E-state index in [1.807, 2.05) is 0 Å². The Morgan fingerprint density at radius 3 is 2.58 bits per heavy atom. The Morgan fingerprint density at radius 1 is 1.32 bits per heavy atom. The highest BCUT2D eigenvalue weighted by molar-refractivity contribution is 7.99. The van der Waals surface area contributed by atoms with Gasteiger partial charge in [0.15, 0.2) is 0 Å². The number of hydrogen-bond donors (Lipinski definition) is 1. The Hall–Kier alpha value is -0.510. The molecule has 1 aliphatic rings. The van der Waals surface area contributed by atoms with Gasteiger partial charge in [-0.1, -0.05) is 29.3 Å². The number of nitrogens with zero attached hydrogens (tertiary/aromatic N) is 1. The van der Waals surface area contributed by atoms with E-state index >= 15 is 0 Å². The van der Waals surface area contributed by atoms with Crippen molar-refractivity contribution in [3.63, 3.8) is 0 Å². The van der Waals surface area contributed by atoms with Crippen LogP contribution in [0, 0.1) is 13.8 Å². The normalized spacial score (nSPS) is 22.4. The smallest absolute Gasteiger partial charge is 0.0340 e. The largest absolute Gasteiger partial charge is 0.315 e. The lowest BCUT2D eigenvalue weighted by atomic mass is 9.97. The Labute approximate surface area is 122 Å². The van der Waals surface area contributed by atoms with Gasteiger partial charge in [0.25, 0.3) is 0 Å². The van der Waals surface area contributed by atoms with E-state index in [9.17, 15) is 0 Å². The zero-order valence-electron chi connectivity index (χ0n) is 12.6. The van der Waals surface area contributed by atoms with Crippen molar-refractivity contribution in [1.82, 2.24) is 10.2 Å². The van der Waals surface area contributed by atoms with E-state index in [1.54, 1.807) is 0 Å². The van der Waals surface area contributed by atoms with Crippen LogP contribution in [-0.4, -0.2) is 49.1 Å². The molecular formula is C16H26N2S. The van der Waals surface area contributed by atoms with E-state index < -0.39 is 0 Å². The zero-order valence-corrected chi connectivity index (χ0v) is 13.4. The van der Waals surface area contributed by atoms with Crippen molar-refractivity contribution < 1.29 is 0 Å². The molecule has 1 heterocycles. The molecule has 2 atom stereocenters. The van der Waals surface area contributed by atoms with E-state index in [0.29, 0.717) is 12.1 Å². The topological polar surface area (TPSA) is 15.3 Å². The van der Waals surface area contributed by atoms with Crippen molar-refractivity contribution in [3.8, 4) is 0 Å². The molecule has 1 fully saturated rings. The number of benzene rings is 1. The Balaban J connectivity index is 2.09. The molecule has 1 aliphatic heterocycles. The van der Waals surface area contributed by atoms with Gasteiger partial charge < -0.3 is 10.2 Å². The van der Waals surface area contributed by atoms with Gasteiger partial charge in [0.2, 0.25) is 0 Å². The average Bonchev–Trinajstić information content (AvgIpc) is 2.36. The van der Waals surface area contributed by atoms with Crippen LogP contribution in [-0.2, 0) is 6.42 Å². The molecule has 0 saturated carbocycles. The van der Waals surface area contributed by atoms with Gasteiger partial charge in [-0.05, 0) is 39.9 Å². The third-order valence-electron chi connectivity index (χ3n) is 4.02. The standard InChI is InChI=1S/C16H26N2S/c1-12-7-13(2)9-14(8-12)10-15(17-3)16-11-19-6-5-18(16)4/h7-9,15-17H,5-6,10-11H2,1-4H3. The minimum Gasteiger partial charge on any atom is -0.315 e. The summed E-state index contributed by atoms with van der Waals surface area (Å²) in [5, 5.41) is 3.53. The van der Waals surface area contributed by atoms with E-state index in [0.717, 1.165) is 6.42 Å². The monoisotopic (exact) mass is 278 g/mol. The Morgan fingerprint density at radius 2 is 2.00 bits per heavy atom. The van der Waals surface area contributed by atoms with Gasteiger partial charge in [0.05, 0.1) is 0 Å². The summed E-state index contributed by atoms with van der Waals surface area (Å²) in [5.41, 5.74) is 4.20. The van der Waals surface area contributed by atoms with E-state index in [2.05, 4.69) is 68.1 Å². The van der Waals surface area contributed by atoms with Crippen LogP contribution in [0.4, 0.5) is 0 Å². The highest BCUT2D eigenvalue weighted by Gasteiger charge is 2.27. The summed E-state index contributed by atoms with van der Waals surface area (Å²) in [7, 11) is 4.36. The van der Waals surface area contributed by atoms with Crippen molar-refractivity contribution in [1.29, 1.82) is 0 Å². The molecule has 1 aromatic rings. The van der Waals surface area contributed by atoms with Gasteiger partial charge in [-0.25, -0.2) is 0 Å². The number of thioether (sulfide) groups is 1. The lowest BCUT2D eigenvalue weighted by Crippen LogP contribution is -2.52. The summed E-state index contributed by atoms with van der Waals surface area (Å²) in [5.74, 6) is 2.51. The molecule has 1 saturated heterocycles. The molecule has 0 aliphatic carbocycles. The van der Waals surface area contributed by atoms with Gasteiger partial charge >= 0.3 is 0 Å². The van der Waals surface area contributed by atoms with Gasteiger partial charge in [-0.3, -0.25) is 0 Å². The molecule has 2 rings (SSSR count). The fourth-order valence-corrected chi connectivity index (χ4v) is 4.31. The molecule has 2 nitrogen and oxygen atoms in total. The van der Waals surface area contributed by atoms with Crippen LogP contribution in [0.2, 0.25) is 0 Å². The summed E-state index contributed by atoms with van der Waals surface area (Å²) in [4.78, 5) is 2.51. The predicted molar refractivity (Wildman–Crippen MR) is 86.2 cm³/mol. The van der Waals surface area contributed by atoms with Gasteiger partial charge in [0, 0.05) is 30.1 Å². The fourth-order valence-electron chi connectivity index (χ4n) is 3.00. The highest BCUT2D eigenvalue weighted by atomic mass is 32.2. The first kappa shape index (κ1) is 14.9. The summed E-state index contributed by atoms with van der Waals surface area (Å²) in [6.07, 6.45) is 1.12. The van der Waals surface area contributed by atoms with Crippen LogP contribution >= 0.6 is 11.8 Å². The quantitative estimate of drug-likeness (QED) is 0.911. The number of rotatable bonds is 4. The lowest BCUT2D eigenvalue weighted by molar-refractivity contribution is 0.219. The molecular weight excluding hydrogens is 252 g/mol. The predicted octanol–water partition coefficient (Wildman–Crippen LogP) is 2.48. The summed E-state index contributed by atoms with van der Waals surface area (Å²) in [6, 6.07) is 8.09. The van der Waals surface area contributed by atoms with Crippen molar-refractivity contribution in [2.24, 2.45) is 0 Å². The minimum absolute atomic E-state index is 0.541. The highest BCUT2D eigenvalue weighted by Crippen LogP contribution is 2.20. The second-order valence-corrected chi connectivity index (χ2v) is 6.87. The molecule has 0 amide bonds. The first-order valence-corrected chi connectivity index (χ1v) is 8.28. The molecule has 106 valence electrons. The maximum atomic E-state index is 3.53. The van der Waals surface area contributed by atoms with Crippen LogP contribution < -0.4 is 5.32 Å². The molecule has 2 unspecified atom stereocenters. The van der Waals surface area contributed by atoms with Crippen LogP contribution in [0.1, 0.15) is 16.7 Å². The molecule has 19 heavy (non-hydrogen) atoms. The average molecular weight is 278 g/mol.